The maximum absolute atomic E-state index is 8.25. The quantitative estimate of drug-likeness (QED) is 0.655. The highest BCUT2D eigenvalue weighted by molar-refractivity contribution is 5.63. The lowest BCUT2D eigenvalue weighted by atomic mass is 9.86. The number of hydrogen-bond acceptors (Lipinski definition) is 0. The molecule has 2 aromatic rings. The van der Waals surface area contributed by atoms with Crippen LogP contribution in [0.5, 0.6) is 0 Å². The molecule has 2 rings (SSSR count). The molecule has 0 atom stereocenters. The zero-order valence-electron chi connectivity index (χ0n) is 18.5. The van der Waals surface area contributed by atoms with E-state index >= 15 is 0 Å². The van der Waals surface area contributed by atoms with Crippen LogP contribution in [0.25, 0.3) is 11.1 Å². The van der Waals surface area contributed by atoms with Crippen LogP contribution in [-0.2, 0) is 5.41 Å². The fourth-order valence-electron chi connectivity index (χ4n) is 1.19. The van der Waals surface area contributed by atoms with Gasteiger partial charge >= 0.3 is 0 Å². The molecule has 0 saturated carbocycles. The summed E-state index contributed by atoms with van der Waals surface area (Å²) < 4.78 is 72.1. The number of rotatable bonds is 1. The predicted octanol–water partition coefficient (Wildman–Crippen LogP) is 4.65. The number of benzene rings is 2. The lowest BCUT2D eigenvalue weighted by Crippen LogP contribution is -2.10. The summed E-state index contributed by atoms with van der Waals surface area (Å²) in [6.07, 6.45) is 0. The van der Waals surface area contributed by atoms with Gasteiger partial charge in [0.2, 0.25) is 0 Å². The third kappa shape index (κ3) is 2.33. The predicted molar refractivity (Wildman–Crippen MR) is 70.6 cm³/mol. The zero-order valence-corrected chi connectivity index (χ0v) is 9.50. The van der Waals surface area contributed by atoms with Gasteiger partial charge in [0, 0.05) is 0 Å². The van der Waals surface area contributed by atoms with Crippen molar-refractivity contribution in [2.75, 3.05) is 0 Å². The second-order valence-corrected chi connectivity index (χ2v) is 4.50. The molecular formula is C16H18. The summed E-state index contributed by atoms with van der Waals surface area (Å²) in [5.41, 5.74) is -1.01. The second kappa shape index (κ2) is 4.13. The summed E-state index contributed by atoms with van der Waals surface area (Å²) >= 11 is 0. The molecule has 0 bridgehead atoms. The molecule has 0 aliphatic carbocycles. The number of hydrogen-bond donors (Lipinski definition) is 0. The Morgan fingerprint density at radius 3 is 1.75 bits per heavy atom. The van der Waals surface area contributed by atoms with Gasteiger partial charge in [0.05, 0.1) is 12.3 Å². The van der Waals surface area contributed by atoms with Gasteiger partial charge in [-0.25, -0.2) is 0 Å². The first kappa shape index (κ1) is 4.37. The minimum absolute atomic E-state index is 0.221. The minimum Gasteiger partial charge on any atom is -0.0622 e. The van der Waals surface area contributed by atoms with Crippen LogP contribution in [0.15, 0.2) is 54.4 Å². The van der Waals surface area contributed by atoms with E-state index in [1.165, 1.54) is 0 Å². The van der Waals surface area contributed by atoms with Crippen molar-refractivity contribution in [1.29, 1.82) is 0 Å². The molecule has 0 amide bonds. The molecule has 0 aliphatic heterocycles. The fourth-order valence-corrected chi connectivity index (χ4v) is 1.19. The van der Waals surface area contributed by atoms with Gasteiger partial charge < -0.3 is 0 Å². The van der Waals surface area contributed by atoms with E-state index in [1.54, 1.807) is 20.8 Å². The molecule has 0 nitrogen and oxygen atoms in total. The van der Waals surface area contributed by atoms with Gasteiger partial charge in [-0.15, -0.1) is 0 Å². The molecule has 0 N–H and O–H groups in total. The largest absolute Gasteiger partial charge is 0.0629 e. The van der Waals surface area contributed by atoms with Crippen LogP contribution in [0.3, 0.4) is 0 Å². The molecule has 0 aliphatic rings. The minimum atomic E-state index is -0.641. The Labute approximate surface area is 111 Å². The first-order chi connectivity index (χ1) is 11.3. The van der Waals surface area contributed by atoms with Crippen molar-refractivity contribution in [1.82, 2.24) is 0 Å². The third-order valence-electron chi connectivity index (χ3n) is 2.12. The molecule has 0 radical (unpaired) electrons. The van der Waals surface area contributed by atoms with E-state index in [2.05, 4.69) is 0 Å². The van der Waals surface area contributed by atoms with Gasteiger partial charge in [-0.1, -0.05) is 75.2 Å². The van der Waals surface area contributed by atoms with Crippen LogP contribution >= 0.6 is 0 Å². The van der Waals surface area contributed by atoms with E-state index < -0.39 is 47.7 Å². The van der Waals surface area contributed by atoms with Gasteiger partial charge in [-0.2, -0.15) is 0 Å². The molecule has 0 fully saturated rings. The van der Waals surface area contributed by atoms with Crippen molar-refractivity contribution in [3.63, 3.8) is 0 Å². The van der Waals surface area contributed by atoms with Crippen molar-refractivity contribution in [3.05, 3.63) is 59.9 Å². The van der Waals surface area contributed by atoms with Crippen LogP contribution < -0.4 is 0 Å². The van der Waals surface area contributed by atoms with E-state index in [1.807, 2.05) is 0 Å². The Bertz CT molecular complexity index is 821. The van der Waals surface area contributed by atoms with Gasteiger partial charge in [-0.3, -0.25) is 0 Å². The molecule has 2 aromatic carbocycles. The second-order valence-electron chi connectivity index (χ2n) is 4.50. The summed E-state index contributed by atoms with van der Waals surface area (Å²) in [7, 11) is 0. The van der Waals surface area contributed by atoms with Gasteiger partial charge in [0.25, 0.3) is 0 Å². The van der Waals surface area contributed by atoms with Crippen LogP contribution in [0.4, 0.5) is 0 Å². The first-order valence-electron chi connectivity index (χ1n) is 9.50. The van der Waals surface area contributed by atoms with E-state index in [0.29, 0.717) is 0 Å². The maximum atomic E-state index is 8.25. The summed E-state index contributed by atoms with van der Waals surface area (Å²) in [6.45, 7) is 5.30. The summed E-state index contributed by atoms with van der Waals surface area (Å²) in [6, 6.07) is -4.18. The highest BCUT2D eigenvalue weighted by Crippen LogP contribution is 2.25. The van der Waals surface area contributed by atoms with Gasteiger partial charge in [0.15, 0.2) is 0 Å². The van der Waals surface area contributed by atoms with Crippen molar-refractivity contribution >= 4 is 0 Å². The van der Waals surface area contributed by atoms with Crippen molar-refractivity contribution in [3.8, 4) is 11.1 Å². The molecule has 0 saturated heterocycles. The smallest absolute Gasteiger partial charge is 0.0622 e. The van der Waals surface area contributed by atoms with Crippen LogP contribution in [0.1, 0.15) is 38.7 Å². The SMILES string of the molecule is [2H]c1c([2H])c([2H])c(-c2c([2H])c([2H])c(C(C)(C)C)c([2H])c2[2H])c([2H])c1[2H]. The molecule has 0 unspecified atom stereocenters. The summed E-state index contributed by atoms with van der Waals surface area (Å²) in [4.78, 5) is 0. The molecule has 0 heteroatoms. The molecular weight excluding hydrogens is 192 g/mol. The lowest BCUT2D eigenvalue weighted by Gasteiger charge is -2.19. The van der Waals surface area contributed by atoms with Gasteiger partial charge in [0.1, 0.15) is 0 Å². The molecule has 0 heterocycles. The van der Waals surface area contributed by atoms with Crippen LogP contribution in [-0.4, -0.2) is 0 Å². The van der Waals surface area contributed by atoms with E-state index in [-0.39, 0.29) is 28.8 Å². The molecule has 16 heavy (non-hydrogen) atoms. The highest BCUT2D eigenvalue weighted by atomic mass is 14.2. The van der Waals surface area contributed by atoms with E-state index in [0.717, 1.165) is 0 Å². The normalized spacial score (nSPS) is 19.3. The summed E-state index contributed by atoms with van der Waals surface area (Å²) in [5.74, 6) is 0. The molecule has 82 valence electrons. The average molecular weight is 219 g/mol. The Balaban J connectivity index is 3.03. The third-order valence-corrected chi connectivity index (χ3v) is 2.12. The van der Waals surface area contributed by atoms with Crippen LogP contribution in [0.2, 0.25) is 0 Å². The first-order valence-corrected chi connectivity index (χ1v) is 5.00. The summed E-state index contributed by atoms with van der Waals surface area (Å²) in [5, 5.41) is 0. The Morgan fingerprint density at radius 1 is 0.750 bits per heavy atom. The lowest BCUT2D eigenvalue weighted by molar-refractivity contribution is 0.590. The topological polar surface area (TPSA) is 0 Å². The molecule has 0 spiro atoms. The highest BCUT2D eigenvalue weighted by Gasteiger charge is 2.12. The standard InChI is InChI=1S/C16H18/c1-16(2,3)15-11-9-14(10-12-15)13-7-5-4-6-8-13/h4-12H,1-3H3/i4D,5D,6D,7D,8D,9D,10D,11D,12D. The van der Waals surface area contributed by atoms with Crippen LogP contribution in [0, 0.1) is 0 Å². The Kier molecular flexibility index (Phi) is 1.13. The van der Waals surface area contributed by atoms with Crippen molar-refractivity contribution in [2.45, 2.75) is 26.2 Å². The maximum Gasteiger partial charge on any atom is 0.0629 e. The Morgan fingerprint density at radius 2 is 1.25 bits per heavy atom. The van der Waals surface area contributed by atoms with E-state index in [9.17, 15) is 0 Å². The zero-order chi connectivity index (χ0) is 19.4. The Hall–Kier alpha value is -1.56. The van der Waals surface area contributed by atoms with Crippen molar-refractivity contribution in [2.24, 2.45) is 0 Å². The average Bonchev–Trinajstić information content (AvgIpc) is 2.51. The van der Waals surface area contributed by atoms with E-state index in [4.69, 9.17) is 12.3 Å². The van der Waals surface area contributed by atoms with Gasteiger partial charge in [-0.05, 0) is 22.1 Å². The monoisotopic (exact) mass is 219 g/mol. The molecule has 0 aromatic heterocycles. The van der Waals surface area contributed by atoms with Crippen molar-refractivity contribution < 1.29 is 12.3 Å². The fraction of sp³-hybridized carbons (Fsp3) is 0.250.